The number of fused-ring (bicyclic) bond motifs is 1. The van der Waals surface area contributed by atoms with E-state index in [1.807, 2.05) is 30.3 Å². The molecular formula is C17H10ClN3O3. The predicted molar refractivity (Wildman–Crippen MR) is 89.0 cm³/mol. The maximum Gasteiger partial charge on any atom is 0.311 e. The van der Waals surface area contributed by atoms with Gasteiger partial charge in [0.2, 0.25) is 0 Å². The number of rotatable bonds is 2. The third kappa shape index (κ3) is 2.24. The number of halogens is 1. The van der Waals surface area contributed by atoms with Gasteiger partial charge in [-0.1, -0.05) is 41.9 Å². The lowest BCUT2D eigenvalue weighted by Crippen LogP contribution is -2.32. The van der Waals surface area contributed by atoms with E-state index in [0.29, 0.717) is 16.4 Å². The molecule has 0 atom stereocenters. The summed E-state index contributed by atoms with van der Waals surface area (Å²) in [4.78, 5) is 13.0. The highest BCUT2D eigenvalue weighted by atomic mass is 35.5. The van der Waals surface area contributed by atoms with E-state index in [2.05, 4.69) is 9.79 Å². The lowest BCUT2D eigenvalue weighted by molar-refractivity contribution is -0.782. The average molecular weight is 340 g/mol. The summed E-state index contributed by atoms with van der Waals surface area (Å²) in [6.45, 7) is 0. The van der Waals surface area contributed by atoms with E-state index in [0.717, 1.165) is 5.56 Å². The summed E-state index contributed by atoms with van der Waals surface area (Å²) < 4.78 is 6.02. The predicted octanol–water partition coefficient (Wildman–Crippen LogP) is 2.93. The van der Waals surface area contributed by atoms with Crippen molar-refractivity contribution in [2.75, 3.05) is 0 Å². The molecule has 0 fully saturated rings. The van der Waals surface area contributed by atoms with E-state index < -0.39 is 5.56 Å². The van der Waals surface area contributed by atoms with Crippen LogP contribution in [0, 0.1) is 5.21 Å². The van der Waals surface area contributed by atoms with Crippen LogP contribution in [0.1, 0.15) is 0 Å². The molecule has 0 aliphatic heterocycles. The molecule has 0 radical (unpaired) electrons. The Morgan fingerprint density at radius 1 is 1.08 bits per heavy atom. The first-order valence-electron chi connectivity index (χ1n) is 7.12. The summed E-state index contributed by atoms with van der Waals surface area (Å²) in [6.07, 6.45) is 0. The Morgan fingerprint density at radius 3 is 2.50 bits per heavy atom. The van der Waals surface area contributed by atoms with Gasteiger partial charge in [-0.05, 0) is 34.7 Å². The Balaban J connectivity index is 2.12. The Hall–Kier alpha value is -3.12. The molecule has 0 N–H and O–H groups in total. The Labute approximate surface area is 140 Å². The van der Waals surface area contributed by atoms with E-state index in [9.17, 15) is 10.0 Å². The quantitative estimate of drug-likeness (QED) is 0.526. The lowest BCUT2D eigenvalue weighted by atomic mass is 10.1. The zero-order valence-corrected chi connectivity index (χ0v) is 13.0. The fraction of sp³-hybridized carbons (Fsp3) is 0. The maximum atomic E-state index is 12.9. The first-order valence-corrected chi connectivity index (χ1v) is 7.50. The van der Waals surface area contributed by atoms with Crippen LogP contribution in [0.25, 0.3) is 28.0 Å². The molecule has 2 aromatic heterocycles. The van der Waals surface area contributed by atoms with E-state index >= 15 is 0 Å². The monoisotopic (exact) mass is 339 g/mol. The third-order valence-corrected chi connectivity index (χ3v) is 3.96. The SMILES string of the molecule is O=c1c2c(cc(-c3ccccc3)n1-c1ccc(Cl)cc1)no[n+]2[O-]. The van der Waals surface area contributed by atoms with Gasteiger partial charge in [-0.15, -0.1) is 0 Å². The lowest BCUT2D eigenvalue weighted by Gasteiger charge is -2.12. The number of nitrogens with zero attached hydrogens (tertiary/aromatic N) is 3. The largest absolute Gasteiger partial charge is 0.359 e. The summed E-state index contributed by atoms with van der Waals surface area (Å²) in [5, 5.41) is 15.9. The summed E-state index contributed by atoms with van der Waals surface area (Å²) >= 11 is 5.93. The Kier molecular flexibility index (Phi) is 3.32. The molecule has 6 nitrogen and oxygen atoms in total. The first-order chi connectivity index (χ1) is 11.6. The molecule has 0 aliphatic carbocycles. The smallest absolute Gasteiger partial charge is 0.311 e. The minimum atomic E-state index is -0.509. The van der Waals surface area contributed by atoms with Gasteiger partial charge in [0, 0.05) is 21.9 Å². The van der Waals surface area contributed by atoms with Crippen molar-refractivity contribution in [3.63, 3.8) is 0 Å². The van der Waals surface area contributed by atoms with Crippen LogP contribution in [-0.2, 0) is 0 Å². The molecule has 4 aromatic rings. The molecule has 0 aliphatic rings. The number of benzene rings is 2. The topological polar surface area (TPSA) is 75.0 Å². The molecule has 4 rings (SSSR count). The van der Waals surface area contributed by atoms with Crippen LogP contribution in [0.4, 0.5) is 0 Å². The number of hydrogen-bond donors (Lipinski definition) is 0. The van der Waals surface area contributed by atoms with Crippen molar-refractivity contribution in [2.24, 2.45) is 0 Å². The highest BCUT2D eigenvalue weighted by molar-refractivity contribution is 6.30. The first kappa shape index (κ1) is 14.5. The molecule has 2 heterocycles. The average Bonchev–Trinajstić information content (AvgIpc) is 2.98. The normalized spacial score (nSPS) is 11.0. The Morgan fingerprint density at radius 2 is 1.79 bits per heavy atom. The van der Waals surface area contributed by atoms with Crippen molar-refractivity contribution >= 4 is 22.6 Å². The van der Waals surface area contributed by atoms with Crippen molar-refractivity contribution in [3.05, 3.63) is 81.2 Å². The van der Waals surface area contributed by atoms with Crippen molar-refractivity contribution in [1.29, 1.82) is 0 Å². The van der Waals surface area contributed by atoms with Gasteiger partial charge >= 0.3 is 5.56 Å². The molecule has 0 saturated carbocycles. The van der Waals surface area contributed by atoms with E-state index in [4.69, 9.17) is 11.6 Å². The molecule has 2 aromatic carbocycles. The molecule has 0 unspecified atom stereocenters. The van der Waals surface area contributed by atoms with Crippen molar-refractivity contribution < 1.29 is 9.53 Å². The summed E-state index contributed by atoms with van der Waals surface area (Å²) in [6, 6.07) is 17.8. The maximum absolute atomic E-state index is 12.9. The van der Waals surface area contributed by atoms with Crippen LogP contribution in [-0.4, -0.2) is 9.72 Å². The van der Waals surface area contributed by atoms with Crippen LogP contribution in [0.5, 0.6) is 0 Å². The van der Waals surface area contributed by atoms with E-state index in [-0.39, 0.29) is 15.9 Å². The highest BCUT2D eigenvalue weighted by Crippen LogP contribution is 2.24. The van der Waals surface area contributed by atoms with Crippen LogP contribution >= 0.6 is 11.6 Å². The number of pyridine rings is 1. The van der Waals surface area contributed by atoms with Gasteiger partial charge in [-0.2, -0.15) is 0 Å². The number of aromatic nitrogens is 3. The van der Waals surface area contributed by atoms with Crippen LogP contribution in [0.2, 0.25) is 5.02 Å². The van der Waals surface area contributed by atoms with Crippen LogP contribution < -0.4 is 10.5 Å². The van der Waals surface area contributed by atoms with Gasteiger partial charge in [0.05, 0.1) is 5.69 Å². The van der Waals surface area contributed by atoms with Crippen LogP contribution in [0.3, 0.4) is 0 Å². The third-order valence-electron chi connectivity index (χ3n) is 3.71. The minimum Gasteiger partial charge on any atom is -0.359 e. The van der Waals surface area contributed by atoms with Crippen molar-refractivity contribution in [3.8, 4) is 16.9 Å². The highest BCUT2D eigenvalue weighted by Gasteiger charge is 2.21. The second kappa shape index (κ2) is 5.50. The van der Waals surface area contributed by atoms with Crippen molar-refractivity contribution in [2.45, 2.75) is 0 Å². The zero-order valence-electron chi connectivity index (χ0n) is 12.2. The molecular weight excluding hydrogens is 330 g/mol. The van der Waals surface area contributed by atoms with E-state index in [1.165, 1.54) is 4.57 Å². The molecule has 0 saturated heterocycles. The zero-order chi connectivity index (χ0) is 16.7. The fourth-order valence-corrected chi connectivity index (χ4v) is 2.74. The summed E-state index contributed by atoms with van der Waals surface area (Å²) in [5.74, 6) is 0. The molecule has 118 valence electrons. The Bertz CT molecular complexity index is 1090. The molecule has 24 heavy (non-hydrogen) atoms. The molecule has 0 bridgehead atoms. The van der Waals surface area contributed by atoms with Gasteiger partial charge in [0.25, 0.3) is 11.0 Å². The van der Waals surface area contributed by atoms with Crippen molar-refractivity contribution in [1.82, 2.24) is 9.72 Å². The summed E-state index contributed by atoms with van der Waals surface area (Å²) in [7, 11) is 0. The minimum absolute atomic E-state index is 0.124. The second-order valence-corrected chi connectivity index (χ2v) is 5.61. The molecule has 0 spiro atoms. The fourth-order valence-electron chi connectivity index (χ4n) is 2.62. The number of hydrogen-bond acceptors (Lipinski definition) is 4. The molecule has 7 heteroatoms. The van der Waals surface area contributed by atoms with Gasteiger partial charge in [0.1, 0.15) is 0 Å². The standard InChI is InChI=1S/C17H10ClN3O3/c18-12-6-8-13(9-7-12)20-15(11-4-2-1-3-5-11)10-14-16(17(20)22)21(23)24-19-14/h1-10H. The molecule has 0 amide bonds. The van der Waals surface area contributed by atoms with E-state index in [1.54, 1.807) is 30.3 Å². The van der Waals surface area contributed by atoms with Gasteiger partial charge in [-0.3, -0.25) is 14.0 Å². The van der Waals surface area contributed by atoms with Gasteiger partial charge < -0.3 is 5.21 Å². The van der Waals surface area contributed by atoms with Gasteiger partial charge in [-0.25, -0.2) is 0 Å². The summed E-state index contributed by atoms with van der Waals surface area (Å²) in [5.41, 5.74) is 1.55. The second-order valence-electron chi connectivity index (χ2n) is 5.18. The van der Waals surface area contributed by atoms with Crippen LogP contribution in [0.15, 0.2) is 70.1 Å². The van der Waals surface area contributed by atoms with Gasteiger partial charge in [0.15, 0.2) is 0 Å².